The standard InChI is InChI=1S/2C6H7.CH3.Zr/c2*1-6-4-2-3-5-6;;/h2*2,4H,3H2,1H3;1H3;/q3*-1;+3. The first-order chi connectivity index (χ1) is 5.79. The van der Waals surface area contributed by atoms with Gasteiger partial charge in [0.05, 0.1) is 0 Å². The Morgan fingerprint density at radius 2 is 1.29 bits per heavy atom. The van der Waals surface area contributed by atoms with Gasteiger partial charge in [0.15, 0.2) is 0 Å². The quantitative estimate of drug-likeness (QED) is 0.583. The van der Waals surface area contributed by atoms with E-state index in [-0.39, 0.29) is 33.6 Å². The van der Waals surface area contributed by atoms with Crippen LogP contribution in [0.1, 0.15) is 26.7 Å². The molecule has 73 valence electrons. The molecule has 0 fully saturated rings. The van der Waals surface area contributed by atoms with Gasteiger partial charge in [0.1, 0.15) is 0 Å². The zero-order valence-corrected chi connectivity index (χ0v) is 11.7. The van der Waals surface area contributed by atoms with Crippen molar-refractivity contribution in [3.05, 3.63) is 55.0 Å². The summed E-state index contributed by atoms with van der Waals surface area (Å²) in [6, 6.07) is 0. The minimum Gasteiger partial charge on any atom is -0.358 e. The van der Waals surface area contributed by atoms with Gasteiger partial charge < -0.3 is 7.43 Å². The zero-order valence-electron chi connectivity index (χ0n) is 9.22. The third-order valence-electron chi connectivity index (χ3n) is 1.73. The van der Waals surface area contributed by atoms with Crippen LogP contribution in [0, 0.1) is 19.6 Å². The van der Waals surface area contributed by atoms with E-state index in [4.69, 9.17) is 0 Å². The summed E-state index contributed by atoms with van der Waals surface area (Å²) in [5, 5.41) is 0. The molecule has 0 nitrogen and oxygen atoms in total. The van der Waals surface area contributed by atoms with Gasteiger partial charge in [-0.05, 0) is 0 Å². The van der Waals surface area contributed by atoms with Gasteiger partial charge in [0.25, 0.3) is 0 Å². The Labute approximate surface area is 108 Å². The average Bonchev–Trinajstić information content (AvgIpc) is 2.63. The molecular weight excluding hydrogens is 247 g/mol. The second kappa shape index (κ2) is 9.40. The van der Waals surface area contributed by atoms with E-state index in [1.165, 1.54) is 11.1 Å². The topological polar surface area (TPSA) is 0 Å². The Morgan fingerprint density at radius 3 is 1.36 bits per heavy atom. The molecule has 0 aromatic carbocycles. The number of allylic oxidation sites excluding steroid dienone is 8. The summed E-state index contributed by atoms with van der Waals surface area (Å²) in [7, 11) is 0. The minimum atomic E-state index is 0. The molecule has 0 aliphatic heterocycles. The molecule has 1 heteroatoms. The average molecular weight is 265 g/mol. The molecular formula is C13H17Zr. The predicted octanol–water partition coefficient (Wildman–Crippen LogP) is 3.84. The van der Waals surface area contributed by atoms with Crippen molar-refractivity contribution in [3.63, 3.8) is 0 Å². The predicted molar refractivity (Wildman–Crippen MR) is 58.8 cm³/mol. The van der Waals surface area contributed by atoms with Crippen molar-refractivity contribution in [1.29, 1.82) is 0 Å². The Hall–Kier alpha value is -0.157. The summed E-state index contributed by atoms with van der Waals surface area (Å²) in [4.78, 5) is 0. The molecule has 0 saturated heterocycles. The van der Waals surface area contributed by atoms with Gasteiger partial charge in [0, 0.05) is 0 Å². The van der Waals surface area contributed by atoms with Crippen LogP contribution >= 0.6 is 0 Å². The van der Waals surface area contributed by atoms with E-state index in [9.17, 15) is 0 Å². The van der Waals surface area contributed by atoms with Gasteiger partial charge in [-0.25, -0.2) is 23.3 Å². The fraction of sp³-hybridized carbons (Fsp3) is 0.308. The van der Waals surface area contributed by atoms with E-state index >= 15 is 0 Å². The molecule has 0 aromatic heterocycles. The molecule has 2 rings (SSSR count). The van der Waals surface area contributed by atoms with Crippen LogP contribution in [0.3, 0.4) is 0 Å². The molecule has 0 aromatic rings. The van der Waals surface area contributed by atoms with E-state index in [1.807, 2.05) is 0 Å². The van der Waals surface area contributed by atoms with Gasteiger partial charge in [-0.3, -0.25) is 12.2 Å². The van der Waals surface area contributed by atoms with Gasteiger partial charge in [-0.15, -0.1) is 12.8 Å². The van der Waals surface area contributed by atoms with Crippen molar-refractivity contribution in [2.75, 3.05) is 0 Å². The molecule has 0 N–H and O–H groups in total. The van der Waals surface area contributed by atoms with Crippen LogP contribution in [-0.4, -0.2) is 0 Å². The Morgan fingerprint density at radius 1 is 0.929 bits per heavy atom. The van der Waals surface area contributed by atoms with E-state index in [0.29, 0.717) is 0 Å². The van der Waals surface area contributed by atoms with Crippen molar-refractivity contribution in [3.8, 4) is 0 Å². The molecule has 0 amide bonds. The molecule has 14 heavy (non-hydrogen) atoms. The summed E-state index contributed by atoms with van der Waals surface area (Å²) >= 11 is 0. The maximum absolute atomic E-state index is 3.12. The van der Waals surface area contributed by atoms with Crippen molar-refractivity contribution in [2.45, 2.75) is 26.7 Å². The van der Waals surface area contributed by atoms with Crippen molar-refractivity contribution in [2.24, 2.45) is 0 Å². The largest absolute Gasteiger partial charge is 3.00 e. The molecule has 0 unspecified atom stereocenters. The van der Waals surface area contributed by atoms with Gasteiger partial charge in [-0.2, -0.15) is 12.2 Å². The van der Waals surface area contributed by atoms with Crippen LogP contribution in [0.4, 0.5) is 0 Å². The van der Waals surface area contributed by atoms with E-state index < -0.39 is 0 Å². The fourth-order valence-corrected chi connectivity index (χ4v) is 1.03. The third-order valence-corrected chi connectivity index (χ3v) is 1.73. The zero-order chi connectivity index (χ0) is 8.81. The molecule has 0 saturated carbocycles. The molecule has 0 spiro atoms. The molecule has 2 aliphatic carbocycles. The fourth-order valence-electron chi connectivity index (χ4n) is 1.03. The Bertz CT molecular complexity index is 221. The van der Waals surface area contributed by atoms with Crippen LogP contribution in [0.5, 0.6) is 0 Å². The third kappa shape index (κ3) is 7.27. The molecule has 2 aliphatic rings. The summed E-state index contributed by atoms with van der Waals surface area (Å²) in [5.74, 6) is 0. The maximum atomic E-state index is 3.12. The van der Waals surface area contributed by atoms with Crippen LogP contribution < -0.4 is 0 Å². The SMILES string of the molecule is CC1=[C-]CC=C1.CC1=[C-]CC=C1.[CH3-].[Zr+3]. The Kier molecular flexibility index (Phi) is 10.9. The Balaban J connectivity index is 0. The molecule has 0 bridgehead atoms. The van der Waals surface area contributed by atoms with E-state index in [1.54, 1.807) is 0 Å². The summed E-state index contributed by atoms with van der Waals surface area (Å²) in [5.41, 5.74) is 2.55. The van der Waals surface area contributed by atoms with Gasteiger partial charge in [-0.1, -0.05) is 13.8 Å². The maximum Gasteiger partial charge on any atom is 3.00 e. The van der Waals surface area contributed by atoms with Crippen LogP contribution in [-0.2, 0) is 26.2 Å². The summed E-state index contributed by atoms with van der Waals surface area (Å²) < 4.78 is 0. The first kappa shape index (κ1) is 16.3. The van der Waals surface area contributed by atoms with Crippen LogP contribution in [0.25, 0.3) is 0 Å². The van der Waals surface area contributed by atoms with Crippen molar-refractivity contribution >= 4 is 0 Å². The van der Waals surface area contributed by atoms with Gasteiger partial charge >= 0.3 is 26.2 Å². The molecule has 1 radical (unpaired) electrons. The normalized spacial score (nSPS) is 15.9. The van der Waals surface area contributed by atoms with Crippen molar-refractivity contribution in [1.82, 2.24) is 0 Å². The summed E-state index contributed by atoms with van der Waals surface area (Å²) in [6.07, 6.45) is 16.7. The van der Waals surface area contributed by atoms with Crippen LogP contribution in [0.15, 0.2) is 35.5 Å². The van der Waals surface area contributed by atoms with E-state index in [0.717, 1.165) is 12.8 Å². The van der Waals surface area contributed by atoms with E-state index in [2.05, 4.69) is 50.3 Å². The smallest absolute Gasteiger partial charge is 0.358 e. The molecule has 0 atom stereocenters. The van der Waals surface area contributed by atoms with Gasteiger partial charge in [0.2, 0.25) is 0 Å². The van der Waals surface area contributed by atoms with Crippen LogP contribution in [0.2, 0.25) is 0 Å². The number of hydrogen-bond acceptors (Lipinski definition) is 0. The second-order valence-electron chi connectivity index (χ2n) is 2.93. The molecule has 0 heterocycles. The number of hydrogen-bond donors (Lipinski definition) is 0. The summed E-state index contributed by atoms with van der Waals surface area (Å²) in [6.45, 7) is 4.12. The number of rotatable bonds is 0. The first-order valence-electron chi connectivity index (χ1n) is 4.27. The monoisotopic (exact) mass is 263 g/mol. The first-order valence-corrected chi connectivity index (χ1v) is 4.27. The van der Waals surface area contributed by atoms with Crippen molar-refractivity contribution < 1.29 is 26.2 Å². The second-order valence-corrected chi connectivity index (χ2v) is 2.93. The minimum absolute atomic E-state index is 0.